The summed E-state index contributed by atoms with van der Waals surface area (Å²) in [7, 11) is 0. The molecule has 0 radical (unpaired) electrons. The highest BCUT2D eigenvalue weighted by molar-refractivity contribution is 5.96. The number of fused-ring (bicyclic) bond motifs is 1. The van der Waals surface area contributed by atoms with E-state index >= 15 is 0 Å². The smallest absolute Gasteiger partial charge is 0.349 e. The molecule has 4 rings (SSSR count). The minimum atomic E-state index is -0.766. The summed E-state index contributed by atoms with van der Waals surface area (Å²) in [6.45, 7) is 2.24. The lowest BCUT2D eigenvalue weighted by Crippen LogP contribution is -2.29. The molecular weight excluding hydrogens is 458 g/mol. The van der Waals surface area contributed by atoms with E-state index in [-0.39, 0.29) is 23.5 Å². The van der Waals surface area contributed by atoms with Gasteiger partial charge in [-0.15, -0.1) is 0 Å². The first-order valence-corrected chi connectivity index (χ1v) is 11.8. The Morgan fingerprint density at radius 1 is 0.861 bits per heavy atom. The van der Waals surface area contributed by atoms with Crippen LogP contribution in [0, 0.1) is 0 Å². The second kappa shape index (κ2) is 11.8. The summed E-state index contributed by atoms with van der Waals surface area (Å²) in [4.78, 5) is 37.1. The van der Waals surface area contributed by atoms with Crippen molar-refractivity contribution in [2.45, 2.75) is 26.2 Å². The standard InChI is InChI=1S/C29H27NO6/c1-2-6-20-9-12-23(13-10-20)34-19-27(31)35-24-14-11-22-17-25(29(33)36-26(22)18-24)28(32)30-16-15-21-7-4-3-5-8-21/h3-5,7-14,17-18H,2,6,15-16,19H2,1H3,(H,30,32). The molecule has 0 bridgehead atoms. The van der Waals surface area contributed by atoms with Crippen molar-refractivity contribution in [1.82, 2.24) is 5.32 Å². The molecule has 0 spiro atoms. The molecule has 3 aromatic carbocycles. The van der Waals surface area contributed by atoms with Crippen molar-refractivity contribution < 1.29 is 23.5 Å². The molecule has 7 heteroatoms. The van der Waals surface area contributed by atoms with E-state index in [0.29, 0.717) is 24.1 Å². The third-order valence-electron chi connectivity index (χ3n) is 5.54. The highest BCUT2D eigenvalue weighted by Crippen LogP contribution is 2.21. The van der Waals surface area contributed by atoms with Gasteiger partial charge in [0.05, 0.1) is 0 Å². The molecule has 1 aromatic heterocycles. The maximum Gasteiger partial charge on any atom is 0.349 e. The molecule has 0 aliphatic rings. The highest BCUT2D eigenvalue weighted by Gasteiger charge is 2.15. The summed E-state index contributed by atoms with van der Waals surface area (Å²) in [6.07, 6.45) is 2.69. The maximum atomic E-state index is 12.5. The third-order valence-corrected chi connectivity index (χ3v) is 5.54. The van der Waals surface area contributed by atoms with E-state index in [9.17, 15) is 14.4 Å². The molecule has 1 heterocycles. The van der Waals surface area contributed by atoms with Gasteiger partial charge in [0.15, 0.2) is 6.61 Å². The largest absolute Gasteiger partial charge is 0.482 e. The van der Waals surface area contributed by atoms with Crippen LogP contribution < -0.4 is 20.4 Å². The molecular formula is C29H27NO6. The Bertz CT molecular complexity index is 1390. The van der Waals surface area contributed by atoms with Gasteiger partial charge in [-0.2, -0.15) is 0 Å². The van der Waals surface area contributed by atoms with Crippen molar-refractivity contribution in [1.29, 1.82) is 0 Å². The van der Waals surface area contributed by atoms with Gasteiger partial charge >= 0.3 is 11.6 Å². The van der Waals surface area contributed by atoms with Crippen LogP contribution in [0.5, 0.6) is 11.5 Å². The van der Waals surface area contributed by atoms with Crippen LogP contribution in [-0.2, 0) is 17.6 Å². The number of nitrogens with one attached hydrogen (secondary N) is 1. The van der Waals surface area contributed by atoms with E-state index in [2.05, 4.69) is 12.2 Å². The minimum absolute atomic E-state index is 0.0846. The van der Waals surface area contributed by atoms with Gasteiger partial charge in [0.25, 0.3) is 5.91 Å². The van der Waals surface area contributed by atoms with Gasteiger partial charge in [0.2, 0.25) is 0 Å². The molecule has 0 saturated carbocycles. The zero-order chi connectivity index (χ0) is 25.3. The summed E-state index contributed by atoms with van der Waals surface area (Å²) in [5.74, 6) is -0.316. The van der Waals surface area contributed by atoms with Crippen molar-refractivity contribution >= 4 is 22.8 Å². The quantitative estimate of drug-likeness (QED) is 0.199. The predicted octanol–water partition coefficient (Wildman–Crippen LogP) is 4.70. The summed E-state index contributed by atoms with van der Waals surface area (Å²) < 4.78 is 16.1. The second-order valence-electron chi connectivity index (χ2n) is 8.30. The number of amides is 1. The molecule has 184 valence electrons. The number of aryl methyl sites for hydroxylation is 1. The van der Waals surface area contributed by atoms with Crippen molar-refractivity contribution in [3.8, 4) is 11.5 Å². The van der Waals surface area contributed by atoms with Crippen LogP contribution in [0.3, 0.4) is 0 Å². The normalized spacial score (nSPS) is 10.7. The summed E-state index contributed by atoms with van der Waals surface area (Å²) in [5.41, 5.74) is 1.65. The van der Waals surface area contributed by atoms with Gasteiger partial charge in [0, 0.05) is 18.0 Å². The average molecular weight is 486 g/mol. The fourth-order valence-electron chi connectivity index (χ4n) is 3.72. The summed E-state index contributed by atoms with van der Waals surface area (Å²) in [6, 6.07) is 23.4. The molecule has 4 aromatic rings. The van der Waals surface area contributed by atoms with Crippen LogP contribution >= 0.6 is 0 Å². The van der Waals surface area contributed by atoms with Crippen molar-refractivity contribution in [2.24, 2.45) is 0 Å². The van der Waals surface area contributed by atoms with E-state index in [1.54, 1.807) is 12.1 Å². The number of hydrogen-bond donors (Lipinski definition) is 1. The molecule has 0 fully saturated rings. The first-order valence-electron chi connectivity index (χ1n) is 11.8. The lowest BCUT2D eigenvalue weighted by Gasteiger charge is -2.08. The van der Waals surface area contributed by atoms with Crippen LogP contribution in [0.15, 0.2) is 88.1 Å². The third kappa shape index (κ3) is 6.60. The van der Waals surface area contributed by atoms with Gasteiger partial charge in [-0.3, -0.25) is 4.79 Å². The van der Waals surface area contributed by atoms with Crippen LogP contribution in [-0.4, -0.2) is 25.0 Å². The Morgan fingerprint density at radius 2 is 1.58 bits per heavy atom. The number of ether oxygens (including phenoxy) is 2. The zero-order valence-corrected chi connectivity index (χ0v) is 20.0. The molecule has 0 saturated heterocycles. The Labute approximate surface area is 208 Å². The van der Waals surface area contributed by atoms with Crippen molar-refractivity contribution in [2.75, 3.05) is 13.2 Å². The van der Waals surface area contributed by atoms with Crippen LogP contribution in [0.4, 0.5) is 0 Å². The minimum Gasteiger partial charge on any atom is -0.482 e. The van der Waals surface area contributed by atoms with Gasteiger partial charge < -0.3 is 19.2 Å². The molecule has 7 nitrogen and oxygen atoms in total. The predicted molar refractivity (Wildman–Crippen MR) is 137 cm³/mol. The van der Waals surface area contributed by atoms with Gasteiger partial charge in [-0.1, -0.05) is 55.8 Å². The van der Waals surface area contributed by atoms with Crippen LogP contribution in [0.2, 0.25) is 0 Å². The Kier molecular flexibility index (Phi) is 8.13. The van der Waals surface area contributed by atoms with Gasteiger partial charge in [-0.05, 0) is 54.3 Å². The monoisotopic (exact) mass is 485 g/mol. The van der Waals surface area contributed by atoms with Crippen molar-refractivity contribution in [3.63, 3.8) is 0 Å². The first-order chi connectivity index (χ1) is 17.5. The topological polar surface area (TPSA) is 94.8 Å². The molecule has 36 heavy (non-hydrogen) atoms. The number of carbonyl (C=O) groups excluding carboxylic acids is 2. The Morgan fingerprint density at radius 3 is 2.33 bits per heavy atom. The van der Waals surface area contributed by atoms with E-state index in [1.165, 1.54) is 17.7 Å². The number of carbonyl (C=O) groups is 2. The first kappa shape index (κ1) is 24.7. The van der Waals surface area contributed by atoms with Crippen LogP contribution in [0.25, 0.3) is 11.0 Å². The highest BCUT2D eigenvalue weighted by atomic mass is 16.6. The number of benzene rings is 3. The molecule has 0 aliphatic heterocycles. The van der Waals surface area contributed by atoms with Crippen LogP contribution in [0.1, 0.15) is 34.8 Å². The second-order valence-corrected chi connectivity index (χ2v) is 8.30. The molecule has 1 amide bonds. The molecule has 1 N–H and O–H groups in total. The molecule has 0 aliphatic carbocycles. The van der Waals surface area contributed by atoms with E-state index in [1.807, 2.05) is 54.6 Å². The lowest BCUT2D eigenvalue weighted by atomic mass is 10.1. The van der Waals surface area contributed by atoms with Crippen molar-refractivity contribution in [3.05, 3.63) is 106 Å². The van der Waals surface area contributed by atoms with E-state index in [4.69, 9.17) is 13.9 Å². The Balaban J connectivity index is 1.34. The summed E-state index contributed by atoms with van der Waals surface area (Å²) >= 11 is 0. The summed E-state index contributed by atoms with van der Waals surface area (Å²) in [5, 5.41) is 3.28. The zero-order valence-electron chi connectivity index (χ0n) is 20.0. The Hall–Kier alpha value is -4.39. The van der Waals surface area contributed by atoms with Gasteiger partial charge in [-0.25, -0.2) is 9.59 Å². The number of hydrogen-bond acceptors (Lipinski definition) is 6. The van der Waals surface area contributed by atoms with E-state index < -0.39 is 17.5 Å². The number of rotatable bonds is 10. The SMILES string of the molecule is CCCc1ccc(OCC(=O)Oc2ccc3cc(C(=O)NCCc4ccccc4)c(=O)oc3c2)cc1. The fraction of sp³-hybridized carbons (Fsp3) is 0.207. The maximum absolute atomic E-state index is 12.5. The molecule has 0 atom stereocenters. The lowest BCUT2D eigenvalue weighted by molar-refractivity contribution is -0.136. The van der Waals surface area contributed by atoms with E-state index in [0.717, 1.165) is 18.4 Å². The fourth-order valence-corrected chi connectivity index (χ4v) is 3.72. The number of esters is 1. The van der Waals surface area contributed by atoms with Gasteiger partial charge in [0.1, 0.15) is 22.6 Å². The molecule has 0 unspecified atom stereocenters. The average Bonchev–Trinajstić information content (AvgIpc) is 2.88.